The van der Waals surface area contributed by atoms with Crippen molar-refractivity contribution in [1.82, 2.24) is 4.57 Å². The van der Waals surface area contributed by atoms with Crippen LogP contribution < -0.4 is 10.5 Å². The maximum atomic E-state index is 12.3. The van der Waals surface area contributed by atoms with Crippen molar-refractivity contribution >= 4 is 5.91 Å². The molecule has 0 atom stereocenters. The van der Waals surface area contributed by atoms with Crippen LogP contribution >= 0.6 is 0 Å². The molecule has 2 aromatic rings. The van der Waals surface area contributed by atoms with E-state index in [0.29, 0.717) is 11.5 Å². The third-order valence-corrected chi connectivity index (χ3v) is 8.30. The molecule has 1 amide bonds. The number of carbonyl (C=O) groups excluding carboxylic acids is 1. The smallest absolute Gasteiger partial charge is 0.250 e. The second-order valence-corrected chi connectivity index (χ2v) is 12.2. The standard InChI is InChI=1S/C29H42N2O2.C3H8/c1-7-29(13-14-29)24-16-21(15-23(26(24)33-6)28(3,4)5)25-17-22(27(30)32)19(2)31(25)18-20-11-9-8-10-12-20;1-3-2/h15-17,20H,7-14,18H2,1-6H3,(H2,30,32);3H2,1-2H3. The molecular formula is C32H50N2O2. The second kappa shape index (κ2) is 11.4. The number of nitrogens with zero attached hydrogens (tertiary/aromatic N) is 1. The van der Waals surface area contributed by atoms with Crippen LogP contribution in [0.5, 0.6) is 5.75 Å². The predicted octanol–water partition coefficient (Wildman–Crippen LogP) is 8.31. The Morgan fingerprint density at radius 3 is 2.17 bits per heavy atom. The van der Waals surface area contributed by atoms with Gasteiger partial charge in [-0.3, -0.25) is 4.79 Å². The summed E-state index contributed by atoms with van der Waals surface area (Å²) < 4.78 is 8.43. The minimum Gasteiger partial charge on any atom is -0.496 e. The molecule has 4 nitrogen and oxygen atoms in total. The Hall–Kier alpha value is -2.23. The molecule has 200 valence electrons. The molecule has 4 rings (SSSR count). The van der Waals surface area contributed by atoms with Gasteiger partial charge in [-0.2, -0.15) is 0 Å². The predicted molar refractivity (Wildman–Crippen MR) is 152 cm³/mol. The Morgan fingerprint density at radius 2 is 1.69 bits per heavy atom. The average Bonchev–Trinajstić information content (AvgIpc) is 3.57. The van der Waals surface area contributed by atoms with Crippen LogP contribution in [0.2, 0.25) is 0 Å². The first-order chi connectivity index (χ1) is 17.0. The lowest BCUT2D eigenvalue weighted by atomic mass is 9.80. The Labute approximate surface area is 220 Å². The molecule has 1 aromatic heterocycles. The zero-order valence-electron chi connectivity index (χ0n) is 24.2. The third kappa shape index (κ3) is 5.84. The van der Waals surface area contributed by atoms with Crippen molar-refractivity contribution < 1.29 is 9.53 Å². The summed E-state index contributed by atoms with van der Waals surface area (Å²) >= 11 is 0. The van der Waals surface area contributed by atoms with E-state index >= 15 is 0 Å². The molecule has 2 fully saturated rings. The highest BCUT2D eigenvalue weighted by atomic mass is 16.5. The van der Waals surface area contributed by atoms with Crippen molar-refractivity contribution in [3.63, 3.8) is 0 Å². The van der Waals surface area contributed by atoms with Crippen LogP contribution in [0.1, 0.15) is 127 Å². The van der Waals surface area contributed by atoms with Gasteiger partial charge in [-0.05, 0) is 79.5 Å². The fourth-order valence-corrected chi connectivity index (χ4v) is 5.91. The number of primary amides is 1. The summed E-state index contributed by atoms with van der Waals surface area (Å²) in [7, 11) is 1.81. The summed E-state index contributed by atoms with van der Waals surface area (Å²) in [6.45, 7) is 16.3. The quantitative estimate of drug-likeness (QED) is 0.421. The van der Waals surface area contributed by atoms with Crippen molar-refractivity contribution in [3.8, 4) is 17.0 Å². The Bertz CT molecular complexity index is 1050. The van der Waals surface area contributed by atoms with Gasteiger partial charge in [0.15, 0.2) is 0 Å². The highest BCUT2D eigenvalue weighted by Crippen LogP contribution is 2.56. The first-order valence-corrected chi connectivity index (χ1v) is 14.3. The molecule has 0 bridgehead atoms. The van der Waals surface area contributed by atoms with Gasteiger partial charge in [0, 0.05) is 29.1 Å². The molecule has 0 unspecified atom stereocenters. The van der Waals surface area contributed by atoms with E-state index in [0.717, 1.165) is 30.1 Å². The van der Waals surface area contributed by atoms with Gasteiger partial charge in [0.05, 0.1) is 12.7 Å². The molecule has 36 heavy (non-hydrogen) atoms. The van der Waals surface area contributed by atoms with Gasteiger partial charge in [0.2, 0.25) is 0 Å². The number of hydrogen-bond donors (Lipinski definition) is 1. The van der Waals surface area contributed by atoms with Crippen molar-refractivity contribution in [3.05, 3.63) is 40.6 Å². The SMILES string of the molecule is CCC.CCC1(c2cc(-c3cc(C(N)=O)c(C)n3CC3CCCCC3)cc(C(C)(C)C)c2OC)CC1. The van der Waals surface area contributed by atoms with Crippen molar-refractivity contribution in [1.29, 1.82) is 0 Å². The number of hydrogen-bond acceptors (Lipinski definition) is 2. The number of ether oxygens (including phenoxy) is 1. The van der Waals surface area contributed by atoms with E-state index in [1.165, 1.54) is 68.1 Å². The summed E-state index contributed by atoms with van der Waals surface area (Å²) in [6, 6.07) is 6.68. The van der Waals surface area contributed by atoms with E-state index in [2.05, 4.69) is 65.2 Å². The molecule has 2 N–H and O–H groups in total. The number of amides is 1. The van der Waals surface area contributed by atoms with Crippen LogP contribution in [0.15, 0.2) is 18.2 Å². The van der Waals surface area contributed by atoms with Gasteiger partial charge in [-0.15, -0.1) is 0 Å². The summed E-state index contributed by atoms with van der Waals surface area (Å²) in [5.41, 5.74) is 12.5. The van der Waals surface area contributed by atoms with E-state index in [-0.39, 0.29) is 16.7 Å². The minimum absolute atomic E-state index is 0.0533. The Balaban J connectivity index is 0.00000115. The fourth-order valence-electron chi connectivity index (χ4n) is 5.91. The molecule has 2 aliphatic carbocycles. The maximum absolute atomic E-state index is 12.3. The van der Waals surface area contributed by atoms with Crippen LogP contribution in [0.25, 0.3) is 11.3 Å². The number of aromatic nitrogens is 1. The Morgan fingerprint density at radius 1 is 1.08 bits per heavy atom. The van der Waals surface area contributed by atoms with Gasteiger partial charge in [-0.25, -0.2) is 0 Å². The van der Waals surface area contributed by atoms with Crippen LogP contribution in [0.3, 0.4) is 0 Å². The van der Waals surface area contributed by atoms with Gasteiger partial charge in [0.1, 0.15) is 5.75 Å². The lowest BCUT2D eigenvalue weighted by molar-refractivity contribution is 0.0999. The van der Waals surface area contributed by atoms with Crippen molar-refractivity contribution in [2.24, 2.45) is 11.7 Å². The largest absolute Gasteiger partial charge is 0.496 e. The van der Waals surface area contributed by atoms with Crippen LogP contribution in [-0.2, 0) is 17.4 Å². The minimum atomic E-state index is -0.340. The first kappa shape index (κ1) is 28.3. The molecule has 4 heteroatoms. The van der Waals surface area contributed by atoms with E-state index in [4.69, 9.17) is 10.5 Å². The molecule has 2 saturated carbocycles. The molecule has 0 aliphatic heterocycles. The zero-order chi connectivity index (χ0) is 26.7. The van der Waals surface area contributed by atoms with Crippen LogP contribution in [-0.4, -0.2) is 17.6 Å². The van der Waals surface area contributed by atoms with Gasteiger partial charge < -0.3 is 15.0 Å². The van der Waals surface area contributed by atoms with Crippen molar-refractivity contribution in [2.45, 2.75) is 124 Å². The van der Waals surface area contributed by atoms with E-state index in [9.17, 15) is 4.79 Å². The summed E-state index contributed by atoms with van der Waals surface area (Å²) in [6.07, 6.45) is 11.3. The number of benzene rings is 1. The highest BCUT2D eigenvalue weighted by Gasteiger charge is 2.45. The second-order valence-electron chi connectivity index (χ2n) is 12.2. The highest BCUT2D eigenvalue weighted by molar-refractivity contribution is 5.95. The Kier molecular flexibility index (Phi) is 9.01. The fraction of sp³-hybridized carbons (Fsp3) is 0.656. The molecule has 0 saturated heterocycles. The molecule has 2 aliphatic rings. The van der Waals surface area contributed by atoms with Gasteiger partial charge in [-0.1, -0.05) is 67.2 Å². The number of rotatable bonds is 7. The average molecular weight is 495 g/mol. The number of methoxy groups -OCH3 is 1. The van der Waals surface area contributed by atoms with E-state index < -0.39 is 0 Å². The molecule has 1 heterocycles. The zero-order valence-corrected chi connectivity index (χ0v) is 24.2. The maximum Gasteiger partial charge on any atom is 0.250 e. The lowest BCUT2D eigenvalue weighted by Gasteiger charge is -2.29. The van der Waals surface area contributed by atoms with E-state index in [1.807, 2.05) is 6.07 Å². The molecule has 0 spiro atoms. The molecular weight excluding hydrogens is 444 g/mol. The summed E-state index contributed by atoms with van der Waals surface area (Å²) in [5.74, 6) is 1.37. The number of nitrogens with two attached hydrogens (primary N) is 1. The first-order valence-electron chi connectivity index (χ1n) is 14.3. The summed E-state index contributed by atoms with van der Waals surface area (Å²) in [4.78, 5) is 12.3. The normalized spacial score (nSPS) is 17.3. The van der Waals surface area contributed by atoms with Gasteiger partial charge >= 0.3 is 0 Å². The topological polar surface area (TPSA) is 57.2 Å². The number of carbonyl (C=O) groups is 1. The molecule has 0 radical (unpaired) electrons. The van der Waals surface area contributed by atoms with Gasteiger partial charge in [0.25, 0.3) is 5.91 Å². The monoisotopic (exact) mass is 494 g/mol. The van der Waals surface area contributed by atoms with E-state index in [1.54, 1.807) is 7.11 Å². The summed E-state index contributed by atoms with van der Waals surface area (Å²) in [5, 5.41) is 0. The van der Waals surface area contributed by atoms with Crippen LogP contribution in [0.4, 0.5) is 0 Å². The van der Waals surface area contributed by atoms with Crippen LogP contribution in [0, 0.1) is 12.8 Å². The van der Waals surface area contributed by atoms with Crippen molar-refractivity contribution in [2.75, 3.05) is 7.11 Å². The molecule has 1 aromatic carbocycles. The third-order valence-electron chi connectivity index (χ3n) is 8.30. The lowest BCUT2D eigenvalue weighted by Crippen LogP contribution is -2.18.